The predicted molar refractivity (Wildman–Crippen MR) is 328 cm³/mol. The Morgan fingerprint density at radius 3 is 2.14 bits per heavy atom. The monoisotopic (exact) mass is 1110 g/mol. The van der Waals surface area contributed by atoms with Gasteiger partial charge in [-0.3, -0.25) is 9.79 Å². The fraction of sp³-hybridized carbons (Fsp3) is 0.643. The quantitative estimate of drug-likeness (QED) is 0.0115. The Hall–Kier alpha value is -4.70. The van der Waals surface area contributed by atoms with E-state index in [2.05, 4.69) is 62.8 Å². The standard InChI is InChI=1S/C70H99N3O6S/c1-7-8-9-10-11-15-18-21-47-76-58-38-31-55(32-39-58)67(75)78-59-36-27-53(28-37-59)50-71-57-34-29-54(30-35-57)66-72-73-68(79-66)80-48-22-19-16-13-12-14-17-20-26-65(74)77-60-43-45-69(5)56(49-60)33-40-61-63-42-41-62(52(4)25-23-24-51(2)3)70(63,6)46-44-64(61)69/h27-39,50-52,60-64H,7-26,40-49H2,1-6H3/t52-,60?,61+,62-,63+,64+,69+,70-/m1/s1. The van der Waals surface area contributed by atoms with Crippen LogP contribution in [-0.2, 0) is 9.53 Å². The molecule has 4 aromatic rings. The number of thioether (sulfide) groups is 1. The fourth-order valence-corrected chi connectivity index (χ4v) is 15.5. The Morgan fingerprint density at radius 2 is 1.41 bits per heavy atom. The maximum absolute atomic E-state index is 13.0. The average Bonchev–Trinajstić information content (AvgIpc) is 4.13. The lowest BCUT2D eigenvalue weighted by Gasteiger charge is -2.58. The third-order valence-electron chi connectivity index (χ3n) is 19.4. The Balaban J connectivity index is 0.638. The van der Waals surface area contributed by atoms with Crippen LogP contribution < -0.4 is 9.47 Å². The van der Waals surface area contributed by atoms with Crippen LogP contribution in [-0.4, -0.2) is 46.8 Å². The first kappa shape index (κ1) is 61.4. The van der Waals surface area contributed by atoms with Crippen LogP contribution in [0.1, 0.15) is 237 Å². The van der Waals surface area contributed by atoms with Crippen LogP contribution in [0.5, 0.6) is 11.5 Å². The van der Waals surface area contributed by atoms with Crippen molar-refractivity contribution in [1.29, 1.82) is 0 Å². The number of aliphatic imine (C=N–C) groups is 1. The SMILES string of the molecule is CCCCCCCCCCOc1ccc(C(=O)Oc2ccc(C=Nc3ccc(-c4nnc(SCCCCCCCCCCC(=O)OC5CC[C@@]6(C)C(=CC[C@H]7[C@@H]8CC[C@H]([C@H](C)CCCC(C)C)[C@@]8(C)CC[C@@H]76)C5)o4)cc3)cc2)cc1. The first-order chi connectivity index (χ1) is 38.9. The van der Waals surface area contributed by atoms with E-state index in [0.717, 1.165) is 102 Å². The molecule has 0 bridgehead atoms. The number of unbranched alkanes of at least 4 members (excludes halogenated alkanes) is 14. The summed E-state index contributed by atoms with van der Waals surface area (Å²) in [4.78, 5) is 30.5. The number of fused-ring (bicyclic) bond motifs is 5. The van der Waals surface area contributed by atoms with Crippen LogP contribution >= 0.6 is 11.8 Å². The summed E-state index contributed by atoms with van der Waals surface area (Å²) in [6.07, 6.45) is 38.6. The van der Waals surface area contributed by atoms with Gasteiger partial charge in [-0.1, -0.05) is 168 Å². The van der Waals surface area contributed by atoms with E-state index in [-0.39, 0.29) is 12.1 Å². The van der Waals surface area contributed by atoms with Crippen molar-refractivity contribution >= 4 is 35.6 Å². The molecule has 1 aromatic heterocycles. The summed E-state index contributed by atoms with van der Waals surface area (Å²) in [5, 5.41) is 9.17. The third kappa shape index (κ3) is 17.4. The number of hydrogen-bond acceptors (Lipinski definition) is 10. The molecule has 0 amide bonds. The van der Waals surface area contributed by atoms with E-state index in [9.17, 15) is 9.59 Å². The second kappa shape index (κ2) is 31.1. The molecule has 4 aliphatic carbocycles. The van der Waals surface area contributed by atoms with Crippen LogP contribution in [0.2, 0.25) is 0 Å². The Kier molecular flexibility index (Phi) is 23.9. The van der Waals surface area contributed by atoms with E-state index >= 15 is 0 Å². The summed E-state index contributed by atoms with van der Waals surface area (Å²) in [6, 6.07) is 22.2. The molecule has 0 radical (unpaired) electrons. The number of ether oxygens (including phenoxy) is 3. The summed E-state index contributed by atoms with van der Waals surface area (Å²) in [7, 11) is 0. The van der Waals surface area contributed by atoms with Gasteiger partial charge in [-0.15, -0.1) is 10.2 Å². The smallest absolute Gasteiger partial charge is 0.343 e. The zero-order valence-corrected chi connectivity index (χ0v) is 50.9. The van der Waals surface area contributed by atoms with Gasteiger partial charge in [0.15, 0.2) is 0 Å². The van der Waals surface area contributed by atoms with Crippen molar-refractivity contribution in [3.8, 4) is 23.0 Å². The highest BCUT2D eigenvalue weighted by molar-refractivity contribution is 7.99. The van der Waals surface area contributed by atoms with Crippen molar-refractivity contribution in [2.24, 2.45) is 51.3 Å². The van der Waals surface area contributed by atoms with Gasteiger partial charge in [0.2, 0.25) is 5.89 Å². The highest BCUT2D eigenvalue weighted by Gasteiger charge is 2.59. The average molecular weight is 1110 g/mol. The molecule has 8 atom stereocenters. The van der Waals surface area contributed by atoms with Crippen LogP contribution in [0, 0.1) is 46.3 Å². The molecule has 8 rings (SSSR count). The van der Waals surface area contributed by atoms with Gasteiger partial charge in [0, 0.05) is 30.4 Å². The van der Waals surface area contributed by atoms with E-state index in [1.54, 1.807) is 47.8 Å². The molecule has 1 unspecified atom stereocenters. The molecule has 3 aromatic carbocycles. The molecule has 3 saturated carbocycles. The minimum absolute atomic E-state index is 0.0153. The van der Waals surface area contributed by atoms with Crippen molar-refractivity contribution in [2.45, 2.75) is 233 Å². The van der Waals surface area contributed by atoms with Crippen LogP contribution in [0.3, 0.4) is 0 Å². The van der Waals surface area contributed by atoms with E-state index in [1.165, 1.54) is 135 Å². The zero-order valence-electron chi connectivity index (χ0n) is 50.0. The van der Waals surface area contributed by atoms with E-state index in [1.807, 2.05) is 48.5 Å². The molecule has 0 spiro atoms. The number of benzene rings is 3. The second-order valence-corrected chi connectivity index (χ2v) is 26.6. The molecular weight excluding hydrogens is 1010 g/mol. The number of allylic oxidation sites excluding steroid dienone is 1. The first-order valence-electron chi connectivity index (χ1n) is 32.0. The summed E-state index contributed by atoms with van der Waals surface area (Å²) in [6.45, 7) is 15.5. The summed E-state index contributed by atoms with van der Waals surface area (Å²) < 4.78 is 23.7. The Bertz CT molecular complexity index is 2550. The van der Waals surface area contributed by atoms with Gasteiger partial charge in [0.1, 0.15) is 17.6 Å². The van der Waals surface area contributed by atoms with Gasteiger partial charge < -0.3 is 18.6 Å². The van der Waals surface area contributed by atoms with Crippen molar-refractivity contribution in [1.82, 2.24) is 10.2 Å². The van der Waals surface area contributed by atoms with E-state index < -0.39 is 5.97 Å². The Morgan fingerprint density at radius 1 is 0.725 bits per heavy atom. The second-order valence-electron chi connectivity index (χ2n) is 25.6. The normalized spacial score (nSPS) is 23.8. The van der Waals surface area contributed by atoms with E-state index in [4.69, 9.17) is 18.6 Å². The molecule has 0 N–H and O–H groups in total. The van der Waals surface area contributed by atoms with Crippen LogP contribution in [0.4, 0.5) is 5.69 Å². The molecule has 436 valence electrons. The summed E-state index contributed by atoms with van der Waals surface area (Å²) in [5.74, 6) is 7.37. The van der Waals surface area contributed by atoms with Crippen molar-refractivity contribution in [2.75, 3.05) is 12.4 Å². The fourth-order valence-electron chi connectivity index (χ4n) is 14.7. The molecule has 3 fully saturated rings. The number of hydrogen-bond donors (Lipinski definition) is 0. The number of rotatable bonds is 33. The third-order valence-corrected chi connectivity index (χ3v) is 20.3. The maximum Gasteiger partial charge on any atom is 0.343 e. The van der Waals surface area contributed by atoms with Crippen molar-refractivity contribution in [3.05, 3.63) is 95.6 Å². The first-order valence-corrected chi connectivity index (χ1v) is 32.9. The molecule has 4 aliphatic rings. The molecule has 0 aliphatic heterocycles. The topological polar surface area (TPSA) is 113 Å². The van der Waals surface area contributed by atoms with Gasteiger partial charge in [-0.25, -0.2) is 4.79 Å². The molecule has 1 heterocycles. The van der Waals surface area contributed by atoms with Gasteiger partial charge in [-0.05, 0) is 189 Å². The minimum atomic E-state index is -0.412. The lowest BCUT2D eigenvalue weighted by molar-refractivity contribution is -0.151. The molecule has 80 heavy (non-hydrogen) atoms. The van der Waals surface area contributed by atoms with Crippen LogP contribution in [0.15, 0.2) is 99.1 Å². The lowest BCUT2D eigenvalue weighted by atomic mass is 9.47. The van der Waals surface area contributed by atoms with Crippen molar-refractivity contribution < 1.29 is 28.2 Å². The lowest BCUT2D eigenvalue weighted by Crippen LogP contribution is -2.51. The van der Waals surface area contributed by atoms with Gasteiger partial charge in [0.25, 0.3) is 5.22 Å². The zero-order chi connectivity index (χ0) is 56.2. The molecule has 10 heteroatoms. The molecule has 0 saturated heterocycles. The number of esters is 2. The highest BCUT2D eigenvalue weighted by atomic mass is 32.2. The highest BCUT2D eigenvalue weighted by Crippen LogP contribution is 2.67. The summed E-state index contributed by atoms with van der Waals surface area (Å²) >= 11 is 1.62. The largest absolute Gasteiger partial charge is 0.494 e. The molecule has 9 nitrogen and oxygen atoms in total. The minimum Gasteiger partial charge on any atom is -0.494 e. The van der Waals surface area contributed by atoms with Crippen LogP contribution in [0.25, 0.3) is 11.5 Å². The van der Waals surface area contributed by atoms with Gasteiger partial charge in [0.05, 0.1) is 17.9 Å². The maximum atomic E-state index is 13.0. The summed E-state index contributed by atoms with van der Waals surface area (Å²) in [5.41, 5.74) is 5.42. The van der Waals surface area contributed by atoms with Gasteiger partial charge in [-0.2, -0.15) is 0 Å². The number of carbonyl (C=O) groups excluding carboxylic acids is 2. The van der Waals surface area contributed by atoms with E-state index in [0.29, 0.717) is 46.3 Å². The number of nitrogens with zero attached hydrogens (tertiary/aromatic N) is 3. The van der Waals surface area contributed by atoms with Crippen molar-refractivity contribution in [3.63, 3.8) is 0 Å². The Labute approximate surface area is 486 Å². The molecular formula is C70H99N3O6S. The van der Waals surface area contributed by atoms with Gasteiger partial charge >= 0.3 is 11.9 Å². The number of carbonyl (C=O) groups is 2. The number of aromatic nitrogens is 2. The predicted octanol–water partition coefficient (Wildman–Crippen LogP) is 19.8.